The average Bonchev–Trinajstić information content (AvgIpc) is 2.76. The largest absolute Gasteiger partial charge is 0.448 e. The van der Waals surface area contributed by atoms with Crippen molar-refractivity contribution in [3.05, 3.63) is 18.2 Å². The van der Waals surface area contributed by atoms with Crippen LogP contribution in [0.4, 0.5) is 10.5 Å². The highest BCUT2D eigenvalue weighted by atomic mass is 16.7. The summed E-state index contributed by atoms with van der Waals surface area (Å²) in [4.78, 5) is 13.2. The van der Waals surface area contributed by atoms with E-state index < -0.39 is 5.79 Å². The number of hydrogen-bond donors (Lipinski definition) is 1. The van der Waals surface area contributed by atoms with E-state index in [0.29, 0.717) is 11.4 Å². The molecule has 116 valence electrons. The standard InChI is InChI=1S/C16H24N2O3/c1-5-9-16(10-6-2)20-13-8-7-12(11-14(13)21-16)17-15(19)18(3)4/h7-8,11H,5-6,9-10H2,1-4H3,(H,17,19). The smallest absolute Gasteiger partial charge is 0.321 e. The van der Waals surface area contributed by atoms with Crippen LogP contribution in [0.2, 0.25) is 0 Å². The zero-order chi connectivity index (χ0) is 15.5. The minimum absolute atomic E-state index is 0.165. The van der Waals surface area contributed by atoms with Crippen LogP contribution in [0.5, 0.6) is 11.5 Å². The van der Waals surface area contributed by atoms with Gasteiger partial charge in [-0.15, -0.1) is 0 Å². The lowest BCUT2D eigenvalue weighted by Crippen LogP contribution is -2.38. The van der Waals surface area contributed by atoms with Crippen molar-refractivity contribution in [2.24, 2.45) is 0 Å². The van der Waals surface area contributed by atoms with Crippen LogP contribution >= 0.6 is 0 Å². The first-order valence-corrected chi connectivity index (χ1v) is 7.50. The molecule has 0 spiro atoms. The summed E-state index contributed by atoms with van der Waals surface area (Å²) in [5.41, 5.74) is 0.708. The number of rotatable bonds is 5. The number of urea groups is 1. The molecule has 1 aliphatic rings. The van der Waals surface area contributed by atoms with Crippen LogP contribution in [0, 0.1) is 0 Å². The Morgan fingerprint density at radius 1 is 1.14 bits per heavy atom. The molecule has 1 aromatic rings. The molecule has 0 atom stereocenters. The van der Waals surface area contributed by atoms with Gasteiger partial charge >= 0.3 is 6.03 Å². The Kier molecular flexibility index (Phi) is 4.60. The molecule has 2 amide bonds. The summed E-state index contributed by atoms with van der Waals surface area (Å²) < 4.78 is 12.1. The Morgan fingerprint density at radius 2 is 1.76 bits per heavy atom. The van der Waals surface area contributed by atoms with Crippen LogP contribution in [-0.4, -0.2) is 30.8 Å². The number of carbonyl (C=O) groups excluding carboxylic acids is 1. The Morgan fingerprint density at radius 3 is 2.33 bits per heavy atom. The number of ether oxygens (including phenoxy) is 2. The molecule has 0 radical (unpaired) electrons. The van der Waals surface area contributed by atoms with E-state index in [4.69, 9.17) is 9.47 Å². The normalized spacial score (nSPS) is 14.9. The van der Waals surface area contributed by atoms with E-state index in [0.717, 1.165) is 31.4 Å². The monoisotopic (exact) mass is 292 g/mol. The fraction of sp³-hybridized carbons (Fsp3) is 0.562. The number of anilines is 1. The molecule has 0 bridgehead atoms. The van der Waals surface area contributed by atoms with E-state index in [1.165, 1.54) is 4.90 Å². The summed E-state index contributed by atoms with van der Waals surface area (Å²) in [5.74, 6) is 0.906. The number of nitrogens with one attached hydrogen (secondary N) is 1. The molecule has 0 aromatic heterocycles. The predicted molar refractivity (Wildman–Crippen MR) is 83.0 cm³/mol. The minimum atomic E-state index is -0.546. The lowest BCUT2D eigenvalue weighted by molar-refractivity contribution is -0.0926. The molecule has 5 nitrogen and oxygen atoms in total. The molecule has 0 saturated carbocycles. The van der Waals surface area contributed by atoms with Crippen LogP contribution in [0.25, 0.3) is 0 Å². The van der Waals surface area contributed by atoms with Crippen LogP contribution < -0.4 is 14.8 Å². The van der Waals surface area contributed by atoms with Gasteiger partial charge < -0.3 is 19.7 Å². The molecule has 0 fully saturated rings. The van der Waals surface area contributed by atoms with Gasteiger partial charge in [0, 0.05) is 38.7 Å². The number of benzene rings is 1. The third-order valence-corrected chi connectivity index (χ3v) is 3.45. The number of carbonyl (C=O) groups is 1. The van der Waals surface area contributed by atoms with Crippen LogP contribution in [0.15, 0.2) is 18.2 Å². The molecule has 2 rings (SSSR count). The Balaban J connectivity index is 2.16. The molecule has 1 aliphatic heterocycles. The lowest BCUT2D eigenvalue weighted by Gasteiger charge is -2.26. The highest BCUT2D eigenvalue weighted by Gasteiger charge is 2.39. The molecule has 1 N–H and O–H groups in total. The summed E-state index contributed by atoms with van der Waals surface area (Å²) >= 11 is 0. The SMILES string of the molecule is CCCC1(CCC)Oc2ccc(NC(=O)N(C)C)cc2O1. The van der Waals surface area contributed by atoms with Crippen LogP contribution in [-0.2, 0) is 0 Å². The molecule has 0 aliphatic carbocycles. The van der Waals surface area contributed by atoms with Crippen molar-refractivity contribution < 1.29 is 14.3 Å². The van der Waals surface area contributed by atoms with E-state index >= 15 is 0 Å². The zero-order valence-electron chi connectivity index (χ0n) is 13.2. The molecular formula is C16H24N2O3. The minimum Gasteiger partial charge on any atom is -0.448 e. The fourth-order valence-corrected chi connectivity index (χ4v) is 2.50. The summed E-state index contributed by atoms with van der Waals surface area (Å²) in [6, 6.07) is 5.34. The Labute approximate surface area is 126 Å². The zero-order valence-corrected chi connectivity index (χ0v) is 13.2. The number of nitrogens with zero attached hydrogens (tertiary/aromatic N) is 1. The van der Waals surface area contributed by atoms with Gasteiger partial charge in [0.25, 0.3) is 5.79 Å². The van der Waals surface area contributed by atoms with Crippen LogP contribution in [0.1, 0.15) is 39.5 Å². The van der Waals surface area contributed by atoms with Crippen molar-refractivity contribution in [3.63, 3.8) is 0 Å². The average molecular weight is 292 g/mol. The first-order valence-electron chi connectivity index (χ1n) is 7.50. The van der Waals surface area contributed by atoms with Gasteiger partial charge in [-0.05, 0) is 25.0 Å². The predicted octanol–water partition coefficient (Wildman–Crippen LogP) is 3.85. The van der Waals surface area contributed by atoms with Crippen molar-refractivity contribution in [1.29, 1.82) is 0 Å². The number of amides is 2. The molecule has 1 heterocycles. The van der Waals surface area contributed by atoms with Gasteiger partial charge in [0.2, 0.25) is 0 Å². The maximum atomic E-state index is 11.7. The van der Waals surface area contributed by atoms with Gasteiger partial charge in [0.15, 0.2) is 11.5 Å². The molecule has 0 saturated heterocycles. The van der Waals surface area contributed by atoms with E-state index in [-0.39, 0.29) is 6.03 Å². The molecular weight excluding hydrogens is 268 g/mol. The van der Waals surface area contributed by atoms with Crippen LogP contribution in [0.3, 0.4) is 0 Å². The van der Waals surface area contributed by atoms with E-state index in [9.17, 15) is 4.79 Å². The third-order valence-electron chi connectivity index (χ3n) is 3.45. The highest BCUT2D eigenvalue weighted by molar-refractivity contribution is 5.89. The Bertz CT molecular complexity index is 508. The molecule has 0 unspecified atom stereocenters. The second-order valence-corrected chi connectivity index (χ2v) is 5.60. The molecule has 5 heteroatoms. The summed E-state index contributed by atoms with van der Waals surface area (Å²) in [6.07, 6.45) is 3.71. The van der Waals surface area contributed by atoms with Crippen molar-refractivity contribution in [3.8, 4) is 11.5 Å². The van der Waals surface area contributed by atoms with Crippen molar-refractivity contribution in [2.75, 3.05) is 19.4 Å². The van der Waals surface area contributed by atoms with Crippen molar-refractivity contribution in [1.82, 2.24) is 4.90 Å². The number of hydrogen-bond acceptors (Lipinski definition) is 3. The molecule has 21 heavy (non-hydrogen) atoms. The summed E-state index contributed by atoms with van der Waals surface area (Å²) in [7, 11) is 3.41. The van der Waals surface area contributed by atoms with Gasteiger partial charge in [-0.2, -0.15) is 0 Å². The van der Waals surface area contributed by atoms with Gasteiger partial charge in [-0.3, -0.25) is 0 Å². The van der Waals surface area contributed by atoms with E-state index in [1.807, 2.05) is 18.2 Å². The second-order valence-electron chi connectivity index (χ2n) is 5.60. The van der Waals surface area contributed by atoms with Gasteiger partial charge in [-0.25, -0.2) is 4.79 Å². The second kappa shape index (κ2) is 6.24. The summed E-state index contributed by atoms with van der Waals surface area (Å²) in [6.45, 7) is 4.24. The topological polar surface area (TPSA) is 50.8 Å². The van der Waals surface area contributed by atoms with Gasteiger partial charge in [0.05, 0.1) is 0 Å². The highest BCUT2D eigenvalue weighted by Crippen LogP contribution is 2.44. The maximum absolute atomic E-state index is 11.7. The first kappa shape index (κ1) is 15.5. The third kappa shape index (κ3) is 3.40. The fourth-order valence-electron chi connectivity index (χ4n) is 2.50. The lowest BCUT2D eigenvalue weighted by atomic mass is 10.1. The molecule has 1 aromatic carbocycles. The van der Waals surface area contributed by atoms with Crippen molar-refractivity contribution >= 4 is 11.7 Å². The van der Waals surface area contributed by atoms with E-state index in [1.54, 1.807) is 14.1 Å². The quantitative estimate of drug-likeness (QED) is 0.897. The summed E-state index contributed by atoms with van der Waals surface area (Å²) in [5, 5.41) is 2.81. The maximum Gasteiger partial charge on any atom is 0.321 e. The number of fused-ring (bicyclic) bond motifs is 1. The van der Waals surface area contributed by atoms with Gasteiger partial charge in [-0.1, -0.05) is 13.8 Å². The first-order chi connectivity index (χ1) is 9.99. The van der Waals surface area contributed by atoms with Gasteiger partial charge in [0.1, 0.15) is 0 Å². The van der Waals surface area contributed by atoms with Crippen molar-refractivity contribution in [2.45, 2.75) is 45.3 Å². The van der Waals surface area contributed by atoms with E-state index in [2.05, 4.69) is 19.2 Å². The Hall–Kier alpha value is -1.91.